The SMILES string of the molecule is CCOc1ccccc1N(CC(=O)N(Cc1ccc(Cl)c(Cl)c1)[C@@H](Cc1ccccc1)C(=O)NC1CCCCC1)S(=O)(=O)c1ccc(Cl)cc1. The quantitative estimate of drug-likeness (QED) is 0.140. The van der Waals surface area contributed by atoms with E-state index in [1.165, 1.54) is 29.2 Å². The summed E-state index contributed by atoms with van der Waals surface area (Å²) in [5.41, 5.74) is 1.65. The number of carbonyl (C=O) groups is 2. The molecule has 1 aliphatic carbocycles. The summed E-state index contributed by atoms with van der Waals surface area (Å²) in [5, 5.41) is 4.21. The number of ether oxygens (including phenoxy) is 1. The Kier molecular flexibility index (Phi) is 13.1. The van der Waals surface area contributed by atoms with Gasteiger partial charge in [-0.3, -0.25) is 13.9 Å². The second-order valence-electron chi connectivity index (χ2n) is 12.2. The second kappa shape index (κ2) is 17.4. The highest BCUT2D eigenvalue weighted by molar-refractivity contribution is 7.92. The van der Waals surface area contributed by atoms with Gasteiger partial charge in [-0.2, -0.15) is 0 Å². The van der Waals surface area contributed by atoms with E-state index in [9.17, 15) is 18.0 Å². The minimum absolute atomic E-state index is 0.0173. The Morgan fingerprint density at radius 1 is 0.840 bits per heavy atom. The van der Waals surface area contributed by atoms with Crippen LogP contribution in [0.1, 0.15) is 50.2 Å². The van der Waals surface area contributed by atoms with E-state index in [4.69, 9.17) is 39.5 Å². The Labute approximate surface area is 309 Å². The van der Waals surface area contributed by atoms with Crippen LogP contribution in [0.2, 0.25) is 15.1 Å². The highest BCUT2D eigenvalue weighted by Crippen LogP contribution is 2.34. The number of sulfonamides is 1. The highest BCUT2D eigenvalue weighted by atomic mass is 35.5. The number of hydrogen-bond acceptors (Lipinski definition) is 5. The first kappa shape index (κ1) is 37.5. The van der Waals surface area contributed by atoms with Crippen LogP contribution in [0, 0.1) is 0 Å². The van der Waals surface area contributed by atoms with Gasteiger partial charge < -0.3 is 15.0 Å². The monoisotopic (exact) mass is 755 g/mol. The summed E-state index contributed by atoms with van der Waals surface area (Å²) in [5.74, 6) is -0.622. The lowest BCUT2D eigenvalue weighted by Crippen LogP contribution is -2.55. The number of rotatable bonds is 14. The van der Waals surface area contributed by atoms with Gasteiger partial charge in [-0.05, 0) is 79.4 Å². The molecule has 4 aromatic rings. The maximum Gasteiger partial charge on any atom is 0.264 e. The van der Waals surface area contributed by atoms with E-state index in [0.717, 1.165) is 42.0 Å². The van der Waals surface area contributed by atoms with Gasteiger partial charge in [0.25, 0.3) is 10.0 Å². The van der Waals surface area contributed by atoms with E-state index in [1.807, 2.05) is 30.3 Å². The van der Waals surface area contributed by atoms with Crippen molar-refractivity contribution in [3.05, 3.63) is 123 Å². The molecule has 1 fully saturated rings. The summed E-state index contributed by atoms with van der Waals surface area (Å²) < 4.78 is 35.7. The molecule has 0 aliphatic heterocycles. The number of nitrogens with zero attached hydrogens (tertiary/aromatic N) is 2. The van der Waals surface area contributed by atoms with Crippen molar-refractivity contribution < 1.29 is 22.7 Å². The molecule has 0 spiro atoms. The number of anilines is 1. The van der Waals surface area contributed by atoms with E-state index in [2.05, 4.69) is 5.32 Å². The summed E-state index contributed by atoms with van der Waals surface area (Å²) in [6.45, 7) is 1.40. The first-order valence-electron chi connectivity index (χ1n) is 16.6. The molecular formula is C38H40Cl3N3O5S. The van der Waals surface area contributed by atoms with Crippen molar-refractivity contribution in [1.29, 1.82) is 0 Å². The van der Waals surface area contributed by atoms with Crippen molar-refractivity contribution in [2.45, 2.75) is 69.0 Å². The van der Waals surface area contributed by atoms with Crippen molar-refractivity contribution in [3.8, 4) is 5.75 Å². The van der Waals surface area contributed by atoms with Crippen LogP contribution in [0.4, 0.5) is 5.69 Å². The van der Waals surface area contributed by atoms with Crippen molar-refractivity contribution in [2.24, 2.45) is 0 Å². The maximum absolute atomic E-state index is 14.8. The molecule has 0 unspecified atom stereocenters. The number of benzene rings is 4. The topological polar surface area (TPSA) is 96.0 Å². The first-order valence-corrected chi connectivity index (χ1v) is 19.2. The Balaban J connectivity index is 1.60. The van der Waals surface area contributed by atoms with E-state index in [0.29, 0.717) is 20.6 Å². The van der Waals surface area contributed by atoms with Crippen LogP contribution in [-0.2, 0) is 32.6 Å². The van der Waals surface area contributed by atoms with Gasteiger partial charge in [0.15, 0.2) is 0 Å². The van der Waals surface area contributed by atoms with Crippen LogP contribution in [0.25, 0.3) is 0 Å². The number of halogens is 3. The number of carbonyl (C=O) groups excluding carboxylic acids is 2. The minimum atomic E-state index is -4.34. The Morgan fingerprint density at radius 3 is 2.20 bits per heavy atom. The molecule has 1 saturated carbocycles. The molecule has 12 heteroatoms. The fraction of sp³-hybridized carbons (Fsp3) is 0.316. The average molecular weight is 757 g/mol. The molecule has 0 radical (unpaired) electrons. The molecule has 1 atom stereocenters. The molecule has 2 amide bonds. The molecular weight excluding hydrogens is 717 g/mol. The lowest BCUT2D eigenvalue weighted by atomic mass is 9.94. The van der Waals surface area contributed by atoms with Crippen LogP contribution in [0.15, 0.2) is 102 Å². The molecule has 5 rings (SSSR count). The van der Waals surface area contributed by atoms with Gasteiger partial charge >= 0.3 is 0 Å². The molecule has 0 saturated heterocycles. The van der Waals surface area contributed by atoms with Gasteiger partial charge in [0, 0.05) is 24.0 Å². The molecule has 0 heterocycles. The predicted octanol–water partition coefficient (Wildman–Crippen LogP) is 8.33. The van der Waals surface area contributed by atoms with Gasteiger partial charge in [0.1, 0.15) is 18.3 Å². The van der Waals surface area contributed by atoms with Crippen molar-refractivity contribution >= 4 is 62.3 Å². The third-order valence-electron chi connectivity index (χ3n) is 8.67. The Bertz CT molecular complexity index is 1870. The zero-order valence-electron chi connectivity index (χ0n) is 27.7. The van der Waals surface area contributed by atoms with Gasteiger partial charge in [-0.1, -0.05) is 103 Å². The van der Waals surface area contributed by atoms with Gasteiger partial charge in [0.2, 0.25) is 11.8 Å². The molecule has 1 N–H and O–H groups in total. The summed E-state index contributed by atoms with van der Waals surface area (Å²) >= 11 is 18.7. The smallest absolute Gasteiger partial charge is 0.264 e. The third-order valence-corrected chi connectivity index (χ3v) is 11.4. The molecule has 0 bridgehead atoms. The van der Waals surface area contributed by atoms with Crippen molar-refractivity contribution in [2.75, 3.05) is 17.5 Å². The molecule has 4 aromatic carbocycles. The third kappa shape index (κ3) is 9.51. The largest absolute Gasteiger partial charge is 0.492 e. The predicted molar refractivity (Wildman–Crippen MR) is 200 cm³/mol. The van der Waals surface area contributed by atoms with Crippen LogP contribution < -0.4 is 14.4 Å². The minimum Gasteiger partial charge on any atom is -0.492 e. The molecule has 264 valence electrons. The van der Waals surface area contributed by atoms with Crippen LogP contribution in [0.3, 0.4) is 0 Å². The number of nitrogens with one attached hydrogen (secondary N) is 1. The Morgan fingerprint density at radius 2 is 1.52 bits per heavy atom. The standard InChI is InChI=1S/C38H40Cl3N3O5S/c1-2-49-36-16-10-9-15-34(36)44(50(47,48)31-20-18-29(39)19-21-31)26-37(45)43(25-28-17-22-32(40)33(41)23-28)35(24-27-11-5-3-6-12-27)38(46)42-30-13-7-4-8-14-30/h3,5-6,9-12,15-23,30,35H,2,4,7-8,13-14,24-26H2,1H3,(H,42,46)/t35-/m0/s1. The maximum atomic E-state index is 14.8. The van der Waals surface area contributed by atoms with Crippen LogP contribution in [0.5, 0.6) is 5.75 Å². The van der Waals surface area contributed by atoms with Gasteiger partial charge in [0.05, 0.1) is 27.2 Å². The summed E-state index contributed by atoms with van der Waals surface area (Å²) in [6.07, 6.45) is 5.04. The zero-order valence-corrected chi connectivity index (χ0v) is 30.8. The number of amides is 2. The average Bonchev–Trinajstić information content (AvgIpc) is 3.11. The van der Waals surface area contributed by atoms with E-state index in [1.54, 1.807) is 49.4 Å². The van der Waals surface area contributed by atoms with Gasteiger partial charge in [-0.25, -0.2) is 8.42 Å². The summed E-state index contributed by atoms with van der Waals surface area (Å²) in [4.78, 5) is 30.5. The normalized spacial score (nSPS) is 14.1. The molecule has 0 aromatic heterocycles. The zero-order chi connectivity index (χ0) is 35.7. The van der Waals surface area contributed by atoms with E-state index >= 15 is 0 Å². The lowest BCUT2D eigenvalue weighted by Gasteiger charge is -2.35. The first-order chi connectivity index (χ1) is 24.1. The van der Waals surface area contributed by atoms with Crippen LogP contribution in [-0.4, -0.2) is 50.4 Å². The summed E-state index contributed by atoms with van der Waals surface area (Å²) in [6, 6.07) is 25.8. The molecule has 1 aliphatic rings. The fourth-order valence-electron chi connectivity index (χ4n) is 6.12. The highest BCUT2D eigenvalue weighted by Gasteiger charge is 2.36. The number of hydrogen-bond donors (Lipinski definition) is 1. The van der Waals surface area contributed by atoms with E-state index < -0.39 is 28.5 Å². The van der Waals surface area contributed by atoms with Crippen molar-refractivity contribution in [3.63, 3.8) is 0 Å². The van der Waals surface area contributed by atoms with Crippen LogP contribution >= 0.6 is 34.8 Å². The summed E-state index contributed by atoms with van der Waals surface area (Å²) in [7, 11) is -4.34. The Hall–Kier alpha value is -3.76. The lowest BCUT2D eigenvalue weighted by molar-refractivity contribution is -0.140. The fourth-order valence-corrected chi connectivity index (χ4v) is 7.99. The second-order valence-corrected chi connectivity index (χ2v) is 15.3. The molecule has 50 heavy (non-hydrogen) atoms. The molecule has 8 nitrogen and oxygen atoms in total. The van der Waals surface area contributed by atoms with E-state index in [-0.39, 0.29) is 47.9 Å². The van der Waals surface area contributed by atoms with Crippen molar-refractivity contribution in [1.82, 2.24) is 10.2 Å². The number of para-hydroxylation sites is 2. The van der Waals surface area contributed by atoms with Gasteiger partial charge in [-0.15, -0.1) is 0 Å².